The van der Waals surface area contributed by atoms with Crippen molar-refractivity contribution in [2.24, 2.45) is 0 Å². The lowest BCUT2D eigenvalue weighted by molar-refractivity contribution is 0.202. The minimum atomic E-state index is -0.234. The maximum absolute atomic E-state index is 6.36. The van der Waals surface area contributed by atoms with E-state index >= 15 is 0 Å². The predicted molar refractivity (Wildman–Crippen MR) is 107 cm³/mol. The van der Waals surface area contributed by atoms with Crippen LogP contribution in [0.5, 0.6) is 34.5 Å². The van der Waals surface area contributed by atoms with Crippen LogP contribution in [0.1, 0.15) is 30.1 Å². The molecule has 2 aromatic carbocycles. The first-order valence-electron chi connectivity index (χ1n) is 9.00. The average Bonchev–Trinajstić information content (AvgIpc) is 3.07. The fourth-order valence-electron chi connectivity index (χ4n) is 3.49. The van der Waals surface area contributed by atoms with Gasteiger partial charge in [0.05, 0.1) is 28.4 Å². The molecule has 0 N–H and O–H groups in total. The van der Waals surface area contributed by atoms with Crippen LogP contribution < -0.4 is 28.4 Å². The molecule has 1 heterocycles. The number of hydrogen-bond donors (Lipinski definition) is 0. The lowest BCUT2D eigenvalue weighted by atomic mass is 9.92. The minimum Gasteiger partial charge on any atom is -0.493 e. The SMILES string of the molecule is C=CCOc1c(OC)ccc2c1OC(c1cc(OC)c(OC)c(OC)c1)C2C. The molecule has 0 amide bonds. The molecule has 2 unspecified atom stereocenters. The van der Waals surface area contributed by atoms with Gasteiger partial charge in [0.25, 0.3) is 0 Å². The second kappa shape index (κ2) is 8.33. The van der Waals surface area contributed by atoms with Crippen molar-refractivity contribution in [3.63, 3.8) is 0 Å². The Morgan fingerprint density at radius 2 is 1.57 bits per heavy atom. The first-order chi connectivity index (χ1) is 13.6. The molecule has 28 heavy (non-hydrogen) atoms. The van der Waals surface area contributed by atoms with E-state index in [0.717, 1.165) is 11.1 Å². The highest BCUT2D eigenvalue weighted by atomic mass is 16.5. The van der Waals surface area contributed by atoms with E-state index in [0.29, 0.717) is 41.1 Å². The van der Waals surface area contributed by atoms with E-state index in [-0.39, 0.29) is 12.0 Å². The normalized spacial score (nSPS) is 17.3. The second-order valence-corrected chi connectivity index (χ2v) is 6.40. The van der Waals surface area contributed by atoms with Crippen LogP contribution in [0.25, 0.3) is 0 Å². The maximum Gasteiger partial charge on any atom is 0.204 e. The lowest BCUT2D eigenvalue weighted by Crippen LogP contribution is -2.08. The summed E-state index contributed by atoms with van der Waals surface area (Å²) in [4.78, 5) is 0. The molecule has 1 aliphatic heterocycles. The second-order valence-electron chi connectivity index (χ2n) is 6.40. The summed E-state index contributed by atoms with van der Waals surface area (Å²) in [7, 11) is 6.39. The first kappa shape index (κ1) is 19.7. The maximum atomic E-state index is 6.36. The van der Waals surface area contributed by atoms with Crippen LogP contribution >= 0.6 is 0 Å². The molecule has 150 valence electrons. The Kier molecular flexibility index (Phi) is 5.87. The van der Waals surface area contributed by atoms with E-state index in [2.05, 4.69) is 13.5 Å². The molecule has 0 spiro atoms. The highest BCUT2D eigenvalue weighted by Gasteiger charge is 2.37. The summed E-state index contributed by atoms with van der Waals surface area (Å²) in [6.07, 6.45) is 1.45. The van der Waals surface area contributed by atoms with Gasteiger partial charge >= 0.3 is 0 Å². The quantitative estimate of drug-likeness (QED) is 0.622. The molecule has 2 aromatic rings. The Morgan fingerprint density at radius 3 is 2.11 bits per heavy atom. The van der Waals surface area contributed by atoms with Crippen molar-refractivity contribution in [3.05, 3.63) is 48.0 Å². The number of benzene rings is 2. The van der Waals surface area contributed by atoms with Crippen LogP contribution in [0.4, 0.5) is 0 Å². The van der Waals surface area contributed by atoms with Crippen LogP contribution in [0.2, 0.25) is 0 Å². The van der Waals surface area contributed by atoms with Gasteiger partial charge in [-0.1, -0.05) is 25.6 Å². The lowest BCUT2D eigenvalue weighted by Gasteiger charge is -2.20. The van der Waals surface area contributed by atoms with Crippen LogP contribution in [-0.4, -0.2) is 35.0 Å². The van der Waals surface area contributed by atoms with Gasteiger partial charge in [-0.15, -0.1) is 0 Å². The van der Waals surface area contributed by atoms with E-state index in [9.17, 15) is 0 Å². The summed E-state index contributed by atoms with van der Waals surface area (Å²) >= 11 is 0. The van der Waals surface area contributed by atoms with E-state index < -0.39 is 0 Å². The molecule has 6 nitrogen and oxygen atoms in total. The van der Waals surface area contributed by atoms with E-state index in [1.54, 1.807) is 34.5 Å². The molecule has 0 aliphatic carbocycles. The van der Waals surface area contributed by atoms with Gasteiger partial charge in [0.2, 0.25) is 11.5 Å². The van der Waals surface area contributed by atoms with Crippen molar-refractivity contribution in [1.82, 2.24) is 0 Å². The molecule has 0 saturated carbocycles. The van der Waals surface area contributed by atoms with E-state index in [1.165, 1.54) is 0 Å². The van der Waals surface area contributed by atoms with Crippen molar-refractivity contribution in [3.8, 4) is 34.5 Å². The molecule has 2 atom stereocenters. The van der Waals surface area contributed by atoms with Gasteiger partial charge in [0.1, 0.15) is 12.7 Å². The fraction of sp³-hybridized carbons (Fsp3) is 0.364. The standard InChI is InChI=1S/C22H26O6/c1-7-10-27-22-16(23-3)9-8-15-13(2)19(28-20(15)22)14-11-17(24-4)21(26-6)18(12-14)25-5/h7-9,11-13,19H,1,10H2,2-6H3. The van der Waals surface area contributed by atoms with Gasteiger partial charge < -0.3 is 28.4 Å². The number of methoxy groups -OCH3 is 4. The van der Waals surface area contributed by atoms with E-state index in [1.807, 2.05) is 24.3 Å². The molecular formula is C22H26O6. The van der Waals surface area contributed by atoms with Crippen molar-refractivity contribution in [1.29, 1.82) is 0 Å². The Bertz CT molecular complexity index is 835. The zero-order valence-electron chi connectivity index (χ0n) is 16.9. The monoisotopic (exact) mass is 386 g/mol. The minimum absolute atomic E-state index is 0.0924. The first-order valence-corrected chi connectivity index (χ1v) is 9.00. The summed E-state index contributed by atoms with van der Waals surface area (Å²) in [5.74, 6) is 3.71. The van der Waals surface area contributed by atoms with Crippen LogP contribution in [0, 0.1) is 0 Å². The topological polar surface area (TPSA) is 55.4 Å². The summed E-state index contributed by atoms with van der Waals surface area (Å²) in [5.41, 5.74) is 1.98. The van der Waals surface area contributed by atoms with Gasteiger partial charge in [0, 0.05) is 17.0 Å². The molecule has 0 aromatic heterocycles. The smallest absolute Gasteiger partial charge is 0.204 e. The Labute approximate surface area is 165 Å². The van der Waals surface area contributed by atoms with E-state index in [4.69, 9.17) is 28.4 Å². The van der Waals surface area contributed by atoms with Gasteiger partial charge in [0.15, 0.2) is 23.0 Å². The Balaban J connectivity index is 2.05. The molecule has 0 saturated heterocycles. The molecule has 0 radical (unpaired) electrons. The van der Waals surface area contributed by atoms with Crippen molar-refractivity contribution in [2.45, 2.75) is 18.9 Å². The largest absolute Gasteiger partial charge is 0.493 e. The summed E-state index contributed by atoms with van der Waals surface area (Å²) in [6, 6.07) is 7.73. The Hall–Kier alpha value is -3.02. The summed E-state index contributed by atoms with van der Waals surface area (Å²) < 4.78 is 34.0. The molecule has 1 aliphatic rings. The third-order valence-electron chi connectivity index (χ3n) is 4.88. The summed E-state index contributed by atoms with van der Waals surface area (Å²) in [5, 5.41) is 0. The fourth-order valence-corrected chi connectivity index (χ4v) is 3.49. The van der Waals surface area contributed by atoms with Crippen molar-refractivity contribution >= 4 is 0 Å². The summed E-state index contributed by atoms with van der Waals surface area (Å²) in [6.45, 7) is 6.19. The molecule has 0 fully saturated rings. The highest BCUT2D eigenvalue weighted by molar-refractivity contribution is 5.61. The number of hydrogen-bond acceptors (Lipinski definition) is 6. The molecule has 0 bridgehead atoms. The highest BCUT2D eigenvalue weighted by Crippen LogP contribution is 2.54. The third-order valence-corrected chi connectivity index (χ3v) is 4.88. The molecule has 6 heteroatoms. The van der Waals surface area contributed by atoms with Gasteiger partial charge in [-0.25, -0.2) is 0 Å². The van der Waals surface area contributed by atoms with Gasteiger partial charge in [-0.05, 0) is 18.2 Å². The van der Waals surface area contributed by atoms with Gasteiger partial charge in [-0.3, -0.25) is 0 Å². The number of rotatable bonds is 8. The average molecular weight is 386 g/mol. The van der Waals surface area contributed by atoms with Gasteiger partial charge in [-0.2, -0.15) is 0 Å². The van der Waals surface area contributed by atoms with Crippen molar-refractivity contribution < 1.29 is 28.4 Å². The predicted octanol–water partition coefficient (Wildman–Crippen LogP) is 4.52. The van der Waals surface area contributed by atoms with Crippen molar-refractivity contribution in [2.75, 3.05) is 35.0 Å². The number of fused-ring (bicyclic) bond motifs is 1. The zero-order chi connectivity index (χ0) is 20.3. The number of ether oxygens (including phenoxy) is 6. The molecular weight excluding hydrogens is 360 g/mol. The van der Waals surface area contributed by atoms with Crippen LogP contribution in [0.3, 0.4) is 0 Å². The third kappa shape index (κ3) is 3.30. The van der Waals surface area contributed by atoms with Crippen LogP contribution in [-0.2, 0) is 0 Å². The molecule has 3 rings (SSSR count). The van der Waals surface area contributed by atoms with Crippen LogP contribution in [0.15, 0.2) is 36.9 Å². The zero-order valence-corrected chi connectivity index (χ0v) is 16.9. The Morgan fingerprint density at radius 1 is 0.929 bits per heavy atom.